The smallest absolute Gasteiger partial charge is 0.348 e. The number of carboxylic acids is 1. The van der Waals surface area contributed by atoms with E-state index in [9.17, 15) is 9.59 Å². The van der Waals surface area contributed by atoms with Gasteiger partial charge in [-0.3, -0.25) is 4.79 Å². The van der Waals surface area contributed by atoms with Gasteiger partial charge in [-0.1, -0.05) is 0 Å². The van der Waals surface area contributed by atoms with Crippen LogP contribution in [0.2, 0.25) is 5.28 Å². The van der Waals surface area contributed by atoms with E-state index in [1.54, 1.807) is 14.0 Å². The predicted octanol–water partition coefficient (Wildman–Crippen LogP) is 1.96. The number of aliphatic carboxylic acids is 1. The summed E-state index contributed by atoms with van der Waals surface area (Å²) >= 11 is 7.01. The Morgan fingerprint density at radius 3 is 2.67 bits per heavy atom. The van der Waals surface area contributed by atoms with Crippen molar-refractivity contribution in [1.29, 1.82) is 0 Å². The van der Waals surface area contributed by atoms with Crippen molar-refractivity contribution in [1.82, 2.24) is 9.97 Å². The van der Waals surface area contributed by atoms with Crippen molar-refractivity contribution in [2.45, 2.75) is 6.92 Å². The molecular weight excluding hydrogens is 318 g/mol. The van der Waals surface area contributed by atoms with Gasteiger partial charge in [-0.15, -0.1) is 11.3 Å². The molecule has 2 heterocycles. The first-order valence-electron chi connectivity index (χ1n) is 5.83. The molecule has 0 bridgehead atoms. The number of ether oxygens (including phenoxy) is 1. The highest BCUT2D eigenvalue weighted by molar-refractivity contribution is 7.20. The Morgan fingerprint density at radius 2 is 2.10 bits per heavy atom. The fourth-order valence-corrected chi connectivity index (χ4v) is 3.24. The lowest BCUT2D eigenvalue weighted by molar-refractivity contribution is -0.135. The SMILES string of the molecule is COC(=O)c1sc2nc(Cl)nc(N(C)CC(=O)O)c2c1C. The summed E-state index contributed by atoms with van der Waals surface area (Å²) in [6.07, 6.45) is 0. The van der Waals surface area contributed by atoms with Crippen molar-refractivity contribution in [3.8, 4) is 0 Å². The predicted molar refractivity (Wildman–Crippen MR) is 79.4 cm³/mol. The van der Waals surface area contributed by atoms with Crippen LogP contribution in [-0.2, 0) is 9.53 Å². The molecule has 0 amide bonds. The average molecular weight is 330 g/mol. The maximum Gasteiger partial charge on any atom is 0.348 e. The number of esters is 1. The first-order valence-corrected chi connectivity index (χ1v) is 7.02. The Kier molecular flexibility index (Phi) is 4.29. The molecule has 0 radical (unpaired) electrons. The summed E-state index contributed by atoms with van der Waals surface area (Å²) in [6, 6.07) is 0. The van der Waals surface area contributed by atoms with Crippen LogP contribution in [0.25, 0.3) is 10.2 Å². The lowest BCUT2D eigenvalue weighted by Crippen LogP contribution is -2.26. The van der Waals surface area contributed by atoms with Crippen LogP contribution in [0.1, 0.15) is 15.2 Å². The number of aryl methyl sites for hydroxylation is 1. The van der Waals surface area contributed by atoms with E-state index in [2.05, 4.69) is 9.97 Å². The number of rotatable bonds is 4. The Balaban J connectivity index is 2.67. The largest absolute Gasteiger partial charge is 0.480 e. The quantitative estimate of drug-likeness (QED) is 0.677. The number of carbonyl (C=O) groups is 2. The minimum absolute atomic E-state index is 0.00703. The van der Waals surface area contributed by atoms with Gasteiger partial charge in [0.25, 0.3) is 0 Å². The van der Waals surface area contributed by atoms with Gasteiger partial charge < -0.3 is 14.7 Å². The van der Waals surface area contributed by atoms with E-state index in [0.29, 0.717) is 26.5 Å². The second kappa shape index (κ2) is 5.82. The summed E-state index contributed by atoms with van der Waals surface area (Å²) in [5.41, 5.74) is 0.644. The molecule has 0 saturated heterocycles. The van der Waals surface area contributed by atoms with Crippen LogP contribution in [0, 0.1) is 6.92 Å². The zero-order valence-corrected chi connectivity index (χ0v) is 13.1. The van der Waals surface area contributed by atoms with Gasteiger partial charge in [-0.05, 0) is 24.1 Å². The first-order chi connectivity index (χ1) is 9.85. The number of anilines is 1. The second-order valence-corrected chi connectivity index (χ2v) is 5.63. The van der Waals surface area contributed by atoms with Gasteiger partial charge in [0.2, 0.25) is 5.28 Å². The van der Waals surface area contributed by atoms with Crippen molar-refractivity contribution in [2.75, 3.05) is 25.6 Å². The summed E-state index contributed by atoms with van der Waals surface area (Å²) < 4.78 is 4.72. The van der Waals surface area contributed by atoms with Gasteiger partial charge in [0.1, 0.15) is 22.1 Å². The Morgan fingerprint density at radius 1 is 1.43 bits per heavy atom. The number of halogens is 1. The lowest BCUT2D eigenvalue weighted by atomic mass is 10.2. The highest BCUT2D eigenvalue weighted by Gasteiger charge is 2.22. The van der Waals surface area contributed by atoms with E-state index in [-0.39, 0.29) is 11.8 Å². The van der Waals surface area contributed by atoms with Gasteiger partial charge in [0.15, 0.2) is 0 Å². The molecule has 2 aromatic heterocycles. The molecule has 1 N–H and O–H groups in total. The first kappa shape index (κ1) is 15.5. The maximum atomic E-state index is 11.7. The summed E-state index contributed by atoms with van der Waals surface area (Å²) in [6.45, 7) is 1.49. The molecule has 0 aliphatic heterocycles. The summed E-state index contributed by atoms with van der Waals surface area (Å²) in [5.74, 6) is -1.10. The highest BCUT2D eigenvalue weighted by Crippen LogP contribution is 2.36. The Hall–Kier alpha value is -1.93. The van der Waals surface area contributed by atoms with E-state index in [0.717, 1.165) is 11.3 Å². The molecule has 0 saturated carbocycles. The minimum Gasteiger partial charge on any atom is -0.480 e. The van der Waals surface area contributed by atoms with E-state index in [1.807, 2.05) is 0 Å². The second-order valence-electron chi connectivity index (χ2n) is 4.29. The number of carbonyl (C=O) groups excluding carboxylic acids is 1. The van der Waals surface area contributed by atoms with Crippen molar-refractivity contribution >= 4 is 50.9 Å². The molecule has 2 rings (SSSR count). The number of likely N-dealkylation sites (N-methyl/N-ethyl adjacent to an activating group) is 1. The van der Waals surface area contributed by atoms with Crippen molar-refractivity contribution in [3.63, 3.8) is 0 Å². The number of hydrogen-bond acceptors (Lipinski definition) is 7. The number of fused-ring (bicyclic) bond motifs is 1. The van der Waals surface area contributed by atoms with E-state index in [4.69, 9.17) is 21.4 Å². The number of aromatic nitrogens is 2. The number of carboxylic acid groups (broad SMARTS) is 1. The molecule has 0 aromatic carbocycles. The monoisotopic (exact) mass is 329 g/mol. The van der Waals surface area contributed by atoms with Crippen LogP contribution in [-0.4, -0.2) is 47.7 Å². The van der Waals surface area contributed by atoms with Crippen LogP contribution >= 0.6 is 22.9 Å². The van der Waals surface area contributed by atoms with E-state index >= 15 is 0 Å². The minimum atomic E-state index is -0.999. The Labute approximate surface area is 129 Å². The molecule has 7 nitrogen and oxygen atoms in total. The fraction of sp³-hybridized carbons (Fsp3) is 0.333. The number of hydrogen-bond donors (Lipinski definition) is 1. The highest BCUT2D eigenvalue weighted by atomic mass is 35.5. The zero-order valence-electron chi connectivity index (χ0n) is 11.5. The lowest BCUT2D eigenvalue weighted by Gasteiger charge is -2.16. The third kappa shape index (κ3) is 2.91. The van der Waals surface area contributed by atoms with Gasteiger partial charge in [0.05, 0.1) is 12.5 Å². The molecule has 0 fully saturated rings. The molecule has 0 unspecified atom stereocenters. The van der Waals surface area contributed by atoms with Gasteiger partial charge >= 0.3 is 11.9 Å². The molecule has 0 spiro atoms. The summed E-state index contributed by atoms with van der Waals surface area (Å²) in [7, 11) is 2.88. The third-order valence-electron chi connectivity index (χ3n) is 2.85. The molecule has 112 valence electrons. The van der Waals surface area contributed by atoms with Crippen molar-refractivity contribution < 1.29 is 19.4 Å². The third-order valence-corrected chi connectivity index (χ3v) is 4.18. The van der Waals surface area contributed by atoms with Crippen LogP contribution in [0.15, 0.2) is 0 Å². The number of methoxy groups -OCH3 is 1. The molecule has 2 aromatic rings. The molecular formula is C12H12ClN3O4S. The number of nitrogens with zero attached hydrogens (tertiary/aromatic N) is 3. The average Bonchev–Trinajstić information content (AvgIpc) is 2.73. The van der Waals surface area contributed by atoms with Gasteiger partial charge in [0, 0.05) is 7.05 Å². The van der Waals surface area contributed by atoms with Crippen LogP contribution < -0.4 is 4.90 Å². The maximum absolute atomic E-state index is 11.7. The van der Waals surface area contributed by atoms with Crippen LogP contribution in [0.4, 0.5) is 5.82 Å². The summed E-state index contributed by atoms with van der Waals surface area (Å²) in [4.78, 5) is 33.1. The van der Waals surface area contributed by atoms with E-state index in [1.165, 1.54) is 12.0 Å². The topological polar surface area (TPSA) is 92.6 Å². The standard InChI is InChI=1S/C12H12ClN3O4S/c1-5-7-9(16(2)4-6(17)18)14-12(13)15-10(7)21-8(5)11(19)20-3/h4H2,1-3H3,(H,17,18). The summed E-state index contributed by atoms with van der Waals surface area (Å²) in [5, 5.41) is 9.50. The normalized spacial score (nSPS) is 10.7. The Bertz CT molecular complexity index is 731. The molecule has 0 aliphatic carbocycles. The number of thiophene rings is 1. The zero-order chi connectivity index (χ0) is 15.7. The van der Waals surface area contributed by atoms with E-state index < -0.39 is 11.9 Å². The van der Waals surface area contributed by atoms with Gasteiger partial charge in [-0.2, -0.15) is 4.98 Å². The molecule has 0 aliphatic rings. The molecule has 21 heavy (non-hydrogen) atoms. The van der Waals surface area contributed by atoms with Crippen LogP contribution in [0.3, 0.4) is 0 Å². The van der Waals surface area contributed by atoms with Crippen molar-refractivity contribution in [3.05, 3.63) is 15.7 Å². The van der Waals surface area contributed by atoms with Crippen molar-refractivity contribution in [2.24, 2.45) is 0 Å². The molecule has 9 heteroatoms. The van der Waals surface area contributed by atoms with Gasteiger partial charge in [-0.25, -0.2) is 9.78 Å². The van der Waals surface area contributed by atoms with Crippen LogP contribution in [0.5, 0.6) is 0 Å². The molecule has 0 atom stereocenters. The fourth-order valence-electron chi connectivity index (χ4n) is 1.93.